The lowest BCUT2D eigenvalue weighted by Gasteiger charge is -2.43. The van der Waals surface area contributed by atoms with E-state index in [1.165, 1.54) is 0 Å². The molecule has 4 rings (SSSR count). The minimum Gasteiger partial charge on any atom is -0.368 e. The maximum Gasteiger partial charge on any atom is 0.228 e. The van der Waals surface area contributed by atoms with Gasteiger partial charge in [0.05, 0.1) is 25.9 Å². The van der Waals surface area contributed by atoms with E-state index in [0.29, 0.717) is 19.6 Å². The fourth-order valence-electron chi connectivity index (χ4n) is 4.06. The molecule has 0 spiro atoms. The number of alkyl halides is 1. The molecule has 3 aromatic carbocycles. The van der Waals surface area contributed by atoms with Crippen molar-refractivity contribution in [3.05, 3.63) is 108 Å². The smallest absolute Gasteiger partial charge is 0.228 e. The van der Waals surface area contributed by atoms with Gasteiger partial charge in [-0.3, -0.25) is 0 Å². The van der Waals surface area contributed by atoms with Crippen molar-refractivity contribution in [2.45, 2.75) is 63.9 Å². The molecule has 1 saturated heterocycles. The Labute approximate surface area is 195 Å². The largest absolute Gasteiger partial charge is 0.368 e. The molecular weight excluding hydrogens is 419 g/mol. The monoisotopic (exact) mass is 450 g/mol. The topological polar surface area (TPSA) is 36.9 Å². The molecule has 0 N–H and O–H groups in total. The van der Waals surface area contributed by atoms with E-state index in [1.54, 1.807) is 0 Å². The summed E-state index contributed by atoms with van der Waals surface area (Å²) in [5.74, 6) is 0. The molecule has 0 saturated carbocycles. The third-order valence-corrected chi connectivity index (χ3v) is 5.84. The second kappa shape index (κ2) is 12.1. The number of hydrogen-bond donors (Lipinski definition) is 0. The van der Waals surface area contributed by atoms with Crippen LogP contribution in [0.2, 0.25) is 0 Å². The van der Waals surface area contributed by atoms with E-state index in [4.69, 9.17) is 18.9 Å². The molecule has 0 amide bonds. The summed E-state index contributed by atoms with van der Waals surface area (Å²) in [6, 6.07) is 29.5. The van der Waals surface area contributed by atoms with Crippen LogP contribution in [0.1, 0.15) is 30.0 Å². The Morgan fingerprint density at radius 3 is 1.42 bits per heavy atom. The fraction of sp³-hybridized carbons (Fsp3) is 0.357. The lowest BCUT2D eigenvalue weighted by Crippen LogP contribution is -2.58. The van der Waals surface area contributed by atoms with E-state index in [2.05, 4.69) is 0 Å². The van der Waals surface area contributed by atoms with Crippen LogP contribution in [0.4, 0.5) is 4.39 Å². The Balaban J connectivity index is 1.53. The Morgan fingerprint density at radius 2 is 1.00 bits per heavy atom. The minimum absolute atomic E-state index is 0.267. The first kappa shape index (κ1) is 23.6. The summed E-state index contributed by atoms with van der Waals surface area (Å²) in [4.78, 5) is 0. The first-order valence-electron chi connectivity index (χ1n) is 11.5. The summed E-state index contributed by atoms with van der Waals surface area (Å²) in [5, 5.41) is 0. The normalized spacial score (nSPS) is 25.1. The summed E-state index contributed by atoms with van der Waals surface area (Å²) in [6.07, 6.45) is -3.41. The second-order valence-electron chi connectivity index (χ2n) is 8.22. The molecule has 0 radical (unpaired) electrons. The van der Waals surface area contributed by atoms with Crippen LogP contribution in [0.25, 0.3) is 0 Å². The van der Waals surface area contributed by atoms with Gasteiger partial charge in [0.15, 0.2) is 0 Å². The first-order chi connectivity index (χ1) is 16.2. The highest BCUT2D eigenvalue weighted by Gasteiger charge is 2.48. The van der Waals surface area contributed by atoms with Gasteiger partial charge in [0.25, 0.3) is 0 Å². The van der Waals surface area contributed by atoms with E-state index in [9.17, 15) is 0 Å². The van der Waals surface area contributed by atoms with E-state index in [-0.39, 0.29) is 6.61 Å². The highest BCUT2D eigenvalue weighted by molar-refractivity contribution is 5.15. The quantitative estimate of drug-likeness (QED) is 0.388. The molecule has 4 nitrogen and oxygen atoms in total. The summed E-state index contributed by atoms with van der Waals surface area (Å²) in [7, 11) is 0. The fourth-order valence-corrected chi connectivity index (χ4v) is 4.06. The zero-order valence-corrected chi connectivity index (χ0v) is 18.9. The van der Waals surface area contributed by atoms with Gasteiger partial charge in [-0.2, -0.15) is 0 Å². The lowest BCUT2D eigenvalue weighted by atomic mass is 9.96. The molecule has 0 aromatic heterocycles. The Hall–Kier alpha value is -2.57. The molecule has 5 heteroatoms. The van der Waals surface area contributed by atoms with Crippen LogP contribution in [0.5, 0.6) is 0 Å². The van der Waals surface area contributed by atoms with Crippen molar-refractivity contribution in [2.75, 3.05) is 0 Å². The number of benzene rings is 3. The Kier molecular flexibility index (Phi) is 8.61. The molecule has 1 heterocycles. The summed E-state index contributed by atoms with van der Waals surface area (Å²) in [5.41, 5.74) is 3.01. The molecule has 0 bridgehead atoms. The van der Waals surface area contributed by atoms with Crippen LogP contribution < -0.4 is 0 Å². The number of rotatable bonds is 10. The molecule has 33 heavy (non-hydrogen) atoms. The van der Waals surface area contributed by atoms with E-state index in [1.807, 2.05) is 97.9 Å². The van der Waals surface area contributed by atoms with Crippen molar-refractivity contribution in [3.8, 4) is 0 Å². The molecular formula is C28H31FO4. The molecule has 0 aliphatic carbocycles. The minimum atomic E-state index is -1.60. The molecule has 174 valence electrons. The zero-order chi connectivity index (χ0) is 22.9. The van der Waals surface area contributed by atoms with E-state index >= 15 is 4.39 Å². The number of hydrogen-bond acceptors (Lipinski definition) is 4. The van der Waals surface area contributed by atoms with Crippen molar-refractivity contribution in [1.82, 2.24) is 0 Å². The average Bonchev–Trinajstić information content (AvgIpc) is 2.87. The average molecular weight is 451 g/mol. The second-order valence-corrected chi connectivity index (χ2v) is 8.22. The Bertz CT molecular complexity index is 938. The maximum atomic E-state index is 15.2. The molecule has 5 atom stereocenters. The van der Waals surface area contributed by atoms with Gasteiger partial charge < -0.3 is 18.9 Å². The lowest BCUT2D eigenvalue weighted by molar-refractivity contribution is -0.292. The number of halogens is 1. The van der Waals surface area contributed by atoms with E-state index in [0.717, 1.165) is 16.7 Å². The maximum absolute atomic E-state index is 15.2. The van der Waals surface area contributed by atoms with Crippen LogP contribution >= 0.6 is 0 Å². The van der Waals surface area contributed by atoms with Gasteiger partial charge >= 0.3 is 0 Å². The SMILES string of the molecule is CCC1OC(F)C(OCc2ccccc2)[C@H](OCc2ccccc2)[C@H]1OCc1ccccc1. The Morgan fingerprint density at radius 1 is 0.606 bits per heavy atom. The molecule has 3 unspecified atom stereocenters. The van der Waals surface area contributed by atoms with Gasteiger partial charge in [-0.15, -0.1) is 0 Å². The van der Waals surface area contributed by atoms with Crippen molar-refractivity contribution in [3.63, 3.8) is 0 Å². The summed E-state index contributed by atoms with van der Waals surface area (Å²) >= 11 is 0. The number of ether oxygens (including phenoxy) is 4. The van der Waals surface area contributed by atoms with Gasteiger partial charge in [-0.05, 0) is 23.1 Å². The van der Waals surface area contributed by atoms with Crippen LogP contribution in [-0.4, -0.2) is 30.8 Å². The van der Waals surface area contributed by atoms with Gasteiger partial charge in [0.2, 0.25) is 6.36 Å². The molecule has 3 aromatic rings. The van der Waals surface area contributed by atoms with Crippen LogP contribution in [0.15, 0.2) is 91.0 Å². The van der Waals surface area contributed by atoms with Crippen LogP contribution in [0.3, 0.4) is 0 Å². The van der Waals surface area contributed by atoms with Gasteiger partial charge in [-0.25, -0.2) is 4.39 Å². The predicted molar refractivity (Wildman–Crippen MR) is 125 cm³/mol. The van der Waals surface area contributed by atoms with Crippen LogP contribution in [-0.2, 0) is 38.8 Å². The van der Waals surface area contributed by atoms with Crippen LogP contribution in [0, 0.1) is 0 Å². The van der Waals surface area contributed by atoms with Crippen molar-refractivity contribution >= 4 is 0 Å². The standard InChI is InChI=1S/C28H31FO4/c1-2-24-25(30-18-21-12-6-3-7-13-21)26(31-19-22-14-8-4-9-15-22)27(28(29)33-24)32-20-23-16-10-5-11-17-23/h3-17,24-28H,2,18-20H2,1H3/t24?,25-,26+,27?,28?/m0/s1. The first-order valence-corrected chi connectivity index (χ1v) is 11.5. The van der Waals surface area contributed by atoms with Gasteiger partial charge in [-0.1, -0.05) is 97.9 Å². The van der Waals surface area contributed by atoms with E-state index < -0.39 is 30.8 Å². The summed E-state index contributed by atoms with van der Waals surface area (Å²) < 4.78 is 39.6. The summed E-state index contributed by atoms with van der Waals surface area (Å²) in [6.45, 7) is 2.96. The van der Waals surface area contributed by atoms with Crippen molar-refractivity contribution in [2.24, 2.45) is 0 Å². The highest BCUT2D eigenvalue weighted by atomic mass is 19.1. The third-order valence-electron chi connectivity index (χ3n) is 5.84. The van der Waals surface area contributed by atoms with Gasteiger partial charge in [0.1, 0.15) is 18.3 Å². The predicted octanol–water partition coefficient (Wildman–Crippen LogP) is 5.85. The zero-order valence-electron chi connectivity index (χ0n) is 18.9. The molecule has 1 aliphatic rings. The highest BCUT2D eigenvalue weighted by Crippen LogP contribution is 2.32. The van der Waals surface area contributed by atoms with Crippen molar-refractivity contribution in [1.29, 1.82) is 0 Å². The van der Waals surface area contributed by atoms with Gasteiger partial charge in [0, 0.05) is 0 Å². The third kappa shape index (κ3) is 6.49. The van der Waals surface area contributed by atoms with Crippen molar-refractivity contribution < 1.29 is 23.3 Å². The molecule has 1 fully saturated rings. The molecule has 1 aliphatic heterocycles.